The van der Waals surface area contributed by atoms with Crippen molar-refractivity contribution >= 4 is 10.0 Å². The molecule has 29 heavy (non-hydrogen) atoms. The van der Waals surface area contributed by atoms with Crippen LogP contribution in [0, 0.1) is 0 Å². The number of sulfonamides is 1. The van der Waals surface area contributed by atoms with Gasteiger partial charge in [0.2, 0.25) is 21.7 Å². The van der Waals surface area contributed by atoms with Crippen LogP contribution in [0.5, 0.6) is 5.75 Å². The van der Waals surface area contributed by atoms with Crippen LogP contribution < -0.4 is 4.74 Å². The Morgan fingerprint density at radius 2 is 1.97 bits per heavy atom. The average Bonchev–Trinajstić information content (AvgIpc) is 3.41. The van der Waals surface area contributed by atoms with Gasteiger partial charge in [0.05, 0.1) is 12.9 Å². The monoisotopic (exact) mass is 422 g/mol. The molecule has 0 aliphatic carbocycles. The van der Waals surface area contributed by atoms with E-state index in [1.54, 1.807) is 11.4 Å². The third-order valence-corrected chi connectivity index (χ3v) is 7.36. The molecule has 0 unspecified atom stereocenters. The summed E-state index contributed by atoms with van der Waals surface area (Å²) in [5.74, 6) is 1.70. The molecule has 2 aromatic rings. The molecule has 1 aromatic heterocycles. The Labute approximate surface area is 172 Å². The molecule has 1 saturated heterocycles. The highest BCUT2D eigenvalue weighted by Gasteiger charge is 2.38. The van der Waals surface area contributed by atoms with Crippen molar-refractivity contribution < 1.29 is 17.7 Å². The molecule has 1 aliphatic rings. The summed E-state index contributed by atoms with van der Waals surface area (Å²) in [4.78, 5) is 6.72. The van der Waals surface area contributed by atoms with Crippen LogP contribution in [0.25, 0.3) is 11.4 Å². The number of ether oxygens (including phenoxy) is 1. The van der Waals surface area contributed by atoms with Crippen molar-refractivity contribution in [2.24, 2.45) is 0 Å². The Kier molecular flexibility index (Phi) is 7.26. The highest BCUT2D eigenvalue weighted by molar-refractivity contribution is 7.89. The topological polar surface area (TPSA) is 88.8 Å². The summed E-state index contributed by atoms with van der Waals surface area (Å²) >= 11 is 0. The molecule has 0 N–H and O–H groups in total. The van der Waals surface area contributed by atoms with Gasteiger partial charge in [0.1, 0.15) is 11.8 Å². The van der Waals surface area contributed by atoms with Crippen LogP contribution in [0.15, 0.2) is 28.8 Å². The molecule has 0 amide bonds. The van der Waals surface area contributed by atoms with Crippen LogP contribution in [0.1, 0.15) is 45.0 Å². The first-order valence-corrected chi connectivity index (χ1v) is 11.8. The van der Waals surface area contributed by atoms with Gasteiger partial charge in [-0.15, -0.1) is 0 Å². The van der Waals surface area contributed by atoms with Gasteiger partial charge in [-0.3, -0.25) is 0 Å². The van der Waals surface area contributed by atoms with Crippen LogP contribution >= 0.6 is 0 Å². The van der Waals surface area contributed by atoms with Gasteiger partial charge in [-0.2, -0.15) is 9.29 Å². The van der Waals surface area contributed by atoms with Gasteiger partial charge in [-0.05, 0) is 63.2 Å². The summed E-state index contributed by atoms with van der Waals surface area (Å²) in [6.45, 7) is 7.32. The van der Waals surface area contributed by atoms with E-state index in [0.717, 1.165) is 37.4 Å². The van der Waals surface area contributed by atoms with Gasteiger partial charge in [-0.1, -0.05) is 19.0 Å². The maximum atomic E-state index is 12.9. The third-order valence-electron chi connectivity index (χ3n) is 5.41. The summed E-state index contributed by atoms with van der Waals surface area (Å²) in [6, 6.07) is 6.97. The Hall–Kier alpha value is -1.97. The molecule has 1 atom stereocenters. The largest absolute Gasteiger partial charge is 0.497 e. The van der Waals surface area contributed by atoms with E-state index in [1.807, 2.05) is 24.3 Å². The molecule has 9 heteroatoms. The van der Waals surface area contributed by atoms with Gasteiger partial charge in [-0.25, -0.2) is 8.42 Å². The molecule has 1 fully saturated rings. The zero-order chi connectivity index (χ0) is 20.9. The number of nitrogens with zero attached hydrogens (tertiary/aromatic N) is 4. The van der Waals surface area contributed by atoms with E-state index in [4.69, 9.17) is 9.26 Å². The fourth-order valence-corrected chi connectivity index (χ4v) is 5.39. The fourth-order valence-electron chi connectivity index (χ4n) is 3.68. The first-order chi connectivity index (χ1) is 14.0. The molecule has 1 aliphatic heterocycles. The van der Waals surface area contributed by atoms with Crippen molar-refractivity contribution in [3.05, 3.63) is 30.2 Å². The minimum atomic E-state index is -3.37. The molecular formula is C20H30N4O4S. The van der Waals surface area contributed by atoms with Crippen LogP contribution in [0.3, 0.4) is 0 Å². The summed E-state index contributed by atoms with van der Waals surface area (Å²) in [7, 11) is -1.76. The predicted octanol–water partition coefficient (Wildman–Crippen LogP) is 2.94. The number of rotatable bonds is 10. The minimum Gasteiger partial charge on any atom is -0.497 e. The lowest BCUT2D eigenvalue weighted by molar-refractivity contribution is 0.287. The Balaban J connectivity index is 1.69. The quantitative estimate of drug-likeness (QED) is 0.581. The van der Waals surface area contributed by atoms with Crippen molar-refractivity contribution in [1.29, 1.82) is 0 Å². The highest BCUT2D eigenvalue weighted by Crippen LogP contribution is 2.34. The first-order valence-electron chi connectivity index (χ1n) is 10.2. The maximum Gasteiger partial charge on any atom is 0.245 e. The van der Waals surface area contributed by atoms with Gasteiger partial charge in [0.25, 0.3) is 0 Å². The molecule has 0 radical (unpaired) electrons. The summed E-state index contributed by atoms with van der Waals surface area (Å²) < 4.78 is 38.0. The summed E-state index contributed by atoms with van der Waals surface area (Å²) in [5.41, 5.74) is 0.799. The zero-order valence-corrected chi connectivity index (χ0v) is 18.2. The van der Waals surface area contributed by atoms with Crippen molar-refractivity contribution in [1.82, 2.24) is 19.3 Å². The second-order valence-electron chi connectivity index (χ2n) is 7.15. The molecular weight excluding hydrogens is 392 g/mol. The number of hydrogen-bond acceptors (Lipinski definition) is 7. The highest BCUT2D eigenvalue weighted by atomic mass is 32.2. The van der Waals surface area contributed by atoms with E-state index in [9.17, 15) is 8.42 Å². The minimum absolute atomic E-state index is 0.138. The number of hydrogen-bond donors (Lipinski definition) is 0. The fraction of sp³-hybridized carbons (Fsp3) is 0.600. The van der Waals surface area contributed by atoms with E-state index >= 15 is 0 Å². The summed E-state index contributed by atoms with van der Waals surface area (Å²) in [5, 5.41) is 4.06. The van der Waals surface area contributed by atoms with Crippen molar-refractivity contribution in [2.75, 3.05) is 39.0 Å². The van der Waals surface area contributed by atoms with Gasteiger partial charge in [0, 0.05) is 12.1 Å². The standard InChI is InChI=1S/C20H30N4O4S/c1-4-23(5-2)13-7-15-29(25,26)24-14-6-8-18(24)20-21-19(22-28-20)16-9-11-17(27-3)12-10-16/h9-12,18H,4-8,13-15H2,1-3H3/t18-/m0/s1. The Bertz CT molecular complexity index is 878. The maximum absolute atomic E-state index is 12.9. The van der Waals surface area contributed by atoms with E-state index in [0.29, 0.717) is 31.1 Å². The second-order valence-corrected chi connectivity index (χ2v) is 9.19. The van der Waals surface area contributed by atoms with Gasteiger partial charge >= 0.3 is 0 Å². The van der Waals surface area contributed by atoms with Crippen LogP contribution in [0.2, 0.25) is 0 Å². The van der Waals surface area contributed by atoms with Crippen LogP contribution in [0.4, 0.5) is 0 Å². The normalized spacial score (nSPS) is 17.9. The second kappa shape index (κ2) is 9.69. The summed E-state index contributed by atoms with van der Waals surface area (Å²) in [6.07, 6.45) is 2.11. The molecule has 160 valence electrons. The number of aromatic nitrogens is 2. The van der Waals surface area contributed by atoms with E-state index in [1.165, 1.54) is 0 Å². The smallest absolute Gasteiger partial charge is 0.245 e. The molecule has 0 saturated carbocycles. The van der Waals surface area contributed by atoms with Crippen LogP contribution in [-0.4, -0.2) is 66.8 Å². The molecule has 2 heterocycles. The van der Waals surface area contributed by atoms with Gasteiger partial charge in [0.15, 0.2) is 0 Å². The average molecular weight is 423 g/mol. The lowest BCUT2D eigenvalue weighted by Gasteiger charge is -2.22. The lowest BCUT2D eigenvalue weighted by atomic mass is 10.2. The Morgan fingerprint density at radius 3 is 2.62 bits per heavy atom. The van der Waals surface area contributed by atoms with Gasteiger partial charge < -0.3 is 14.2 Å². The predicted molar refractivity (Wildman–Crippen MR) is 111 cm³/mol. The van der Waals surface area contributed by atoms with Crippen molar-refractivity contribution in [3.8, 4) is 17.1 Å². The molecule has 1 aromatic carbocycles. The van der Waals surface area contributed by atoms with Crippen LogP contribution in [-0.2, 0) is 10.0 Å². The molecule has 3 rings (SSSR count). The van der Waals surface area contributed by atoms with E-state index in [-0.39, 0.29) is 11.8 Å². The van der Waals surface area contributed by atoms with E-state index in [2.05, 4.69) is 28.9 Å². The molecule has 0 bridgehead atoms. The molecule has 8 nitrogen and oxygen atoms in total. The van der Waals surface area contributed by atoms with Crippen molar-refractivity contribution in [2.45, 2.75) is 39.2 Å². The van der Waals surface area contributed by atoms with E-state index < -0.39 is 10.0 Å². The SMILES string of the molecule is CCN(CC)CCCS(=O)(=O)N1CCC[C@H]1c1nc(-c2ccc(OC)cc2)no1. The lowest BCUT2D eigenvalue weighted by Crippen LogP contribution is -2.34. The number of methoxy groups -OCH3 is 1. The zero-order valence-electron chi connectivity index (χ0n) is 17.4. The number of benzene rings is 1. The third kappa shape index (κ3) is 5.15. The molecule has 0 spiro atoms. The first kappa shape index (κ1) is 21.7. The Morgan fingerprint density at radius 1 is 1.24 bits per heavy atom. The van der Waals surface area contributed by atoms with Crippen molar-refractivity contribution in [3.63, 3.8) is 0 Å².